The lowest BCUT2D eigenvalue weighted by Gasteiger charge is -2.19. The van der Waals surface area contributed by atoms with E-state index in [-0.39, 0.29) is 0 Å². The molecule has 2 rings (SSSR count). The van der Waals surface area contributed by atoms with Gasteiger partial charge in [-0.2, -0.15) is 0 Å². The molecule has 0 N–H and O–H groups in total. The Bertz CT molecular complexity index is 360. The zero-order chi connectivity index (χ0) is 12.5. The van der Waals surface area contributed by atoms with Crippen LogP contribution in [0.2, 0.25) is 19.6 Å². The maximum atomic E-state index is 2.46. The lowest BCUT2D eigenvalue weighted by atomic mass is 10.2. The van der Waals surface area contributed by atoms with Gasteiger partial charge in [-0.3, -0.25) is 0 Å². The average Bonchev–Trinajstić information content (AvgIpc) is 3.01. The molecule has 0 aromatic heterocycles. The third-order valence-electron chi connectivity index (χ3n) is 3.54. The van der Waals surface area contributed by atoms with Crippen LogP contribution in [0.5, 0.6) is 0 Å². The zero-order valence-electron chi connectivity index (χ0n) is 11.7. The van der Waals surface area contributed by atoms with Gasteiger partial charge in [-0.25, -0.2) is 0 Å². The molecule has 1 nitrogen and oxygen atoms in total. The van der Waals surface area contributed by atoms with E-state index in [1.807, 2.05) is 0 Å². The summed E-state index contributed by atoms with van der Waals surface area (Å²) in [6, 6.07) is 9.31. The molecule has 0 spiro atoms. The summed E-state index contributed by atoms with van der Waals surface area (Å²) in [6.07, 6.45) is 2.89. The fourth-order valence-electron chi connectivity index (χ4n) is 2.23. The minimum atomic E-state index is -1.13. The predicted molar refractivity (Wildman–Crippen MR) is 78.5 cm³/mol. The van der Waals surface area contributed by atoms with Crippen LogP contribution in [0.15, 0.2) is 24.3 Å². The van der Waals surface area contributed by atoms with Gasteiger partial charge in [0.2, 0.25) is 0 Å². The van der Waals surface area contributed by atoms with Gasteiger partial charge in [-0.15, -0.1) is 0 Å². The highest BCUT2D eigenvalue weighted by Gasteiger charge is 2.22. The summed E-state index contributed by atoms with van der Waals surface area (Å²) < 4.78 is 0. The molecule has 0 heterocycles. The van der Waals surface area contributed by atoms with Crippen LogP contribution < -0.4 is 5.19 Å². The highest BCUT2D eigenvalue weighted by Crippen LogP contribution is 2.29. The largest absolute Gasteiger partial charge is 0.302 e. The van der Waals surface area contributed by atoms with Gasteiger partial charge < -0.3 is 4.90 Å². The quantitative estimate of drug-likeness (QED) is 0.723. The fraction of sp³-hybridized carbons (Fsp3) is 0.600. The number of hydrogen-bond acceptors (Lipinski definition) is 1. The van der Waals surface area contributed by atoms with Crippen molar-refractivity contribution in [3.05, 3.63) is 29.8 Å². The summed E-state index contributed by atoms with van der Waals surface area (Å²) in [4.78, 5) is 2.46. The Balaban J connectivity index is 1.92. The van der Waals surface area contributed by atoms with Crippen molar-refractivity contribution in [2.75, 3.05) is 13.6 Å². The van der Waals surface area contributed by atoms with Crippen molar-refractivity contribution in [2.24, 2.45) is 5.92 Å². The third kappa shape index (κ3) is 3.97. The Labute approximate surface area is 107 Å². The summed E-state index contributed by atoms with van der Waals surface area (Å²) >= 11 is 0. The van der Waals surface area contributed by atoms with Gasteiger partial charge in [0.25, 0.3) is 0 Å². The second-order valence-corrected chi connectivity index (χ2v) is 11.7. The number of rotatable bonds is 5. The molecule has 0 atom stereocenters. The van der Waals surface area contributed by atoms with E-state index in [4.69, 9.17) is 0 Å². The van der Waals surface area contributed by atoms with Crippen molar-refractivity contribution in [3.63, 3.8) is 0 Å². The minimum Gasteiger partial charge on any atom is -0.302 e. The van der Waals surface area contributed by atoms with Crippen LogP contribution >= 0.6 is 0 Å². The van der Waals surface area contributed by atoms with E-state index < -0.39 is 8.07 Å². The van der Waals surface area contributed by atoms with E-state index in [2.05, 4.69) is 55.9 Å². The smallest absolute Gasteiger partial charge is 0.0775 e. The van der Waals surface area contributed by atoms with Gasteiger partial charge in [-0.1, -0.05) is 49.1 Å². The van der Waals surface area contributed by atoms with Crippen molar-refractivity contribution in [1.29, 1.82) is 0 Å². The maximum absolute atomic E-state index is 2.46. The molecule has 1 aromatic carbocycles. The molecule has 0 aliphatic heterocycles. The number of nitrogens with zero attached hydrogens (tertiary/aromatic N) is 1. The van der Waals surface area contributed by atoms with Crippen LogP contribution in [0, 0.1) is 5.92 Å². The van der Waals surface area contributed by atoms with E-state index >= 15 is 0 Å². The number of hydrogen-bond donors (Lipinski definition) is 0. The molecule has 0 radical (unpaired) electrons. The fourth-order valence-corrected chi connectivity index (χ4v) is 3.39. The van der Waals surface area contributed by atoms with Gasteiger partial charge >= 0.3 is 0 Å². The summed E-state index contributed by atoms with van der Waals surface area (Å²) in [5.41, 5.74) is 1.45. The molecule has 0 bridgehead atoms. The topological polar surface area (TPSA) is 3.24 Å². The average molecular weight is 247 g/mol. The van der Waals surface area contributed by atoms with Gasteiger partial charge in [0.1, 0.15) is 0 Å². The first kappa shape index (κ1) is 12.8. The molecule has 2 heteroatoms. The summed E-state index contributed by atoms with van der Waals surface area (Å²) in [7, 11) is 1.11. The van der Waals surface area contributed by atoms with Crippen LogP contribution in [0.1, 0.15) is 18.4 Å². The standard InChI is InChI=1S/C15H25NSi/c1-16(11-13-5-6-13)12-14-7-9-15(10-8-14)17(2,3)4/h7-10,13H,5-6,11-12H2,1-4H3. The van der Waals surface area contributed by atoms with Gasteiger partial charge in [0, 0.05) is 13.1 Å². The lowest BCUT2D eigenvalue weighted by Crippen LogP contribution is -2.37. The van der Waals surface area contributed by atoms with Crippen molar-refractivity contribution < 1.29 is 0 Å². The molecule has 1 saturated carbocycles. The van der Waals surface area contributed by atoms with E-state index in [0.29, 0.717) is 0 Å². The second kappa shape index (κ2) is 4.95. The van der Waals surface area contributed by atoms with Crippen molar-refractivity contribution in [1.82, 2.24) is 4.90 Å². The first-order valence-electron chi connectivity index (χ1n) is 6.73. The summed E-state index contributed by atoms with van der Waals surface area (Å²) in [5.74, 6) is 0.987. The van der Waals surface area contributed by atoms with Crippen molar-refractivity contribution >= 4 is 13.3 Å². The molecule has 0 saturated heterocycles. The predicted octanol–water partition coefficient (Wildman–Crippen LogP) is 3.07. The van der Waals surface area contributed by atoms with Crippen LogP contribution in [0.4, 0.5) is 0 Å². The monoisotopic (exact) mass is 247 g/mol. The highest BCUT2D eigenvalue weighted by atomic mass is 28.3. The van der Waals surface area contributed by atoms with Crippen LogP contribution in [-0.4, -0.2) is 26.6 Å². The Kier molecular flexibility index (Phi) is 3.74. The first-order valence-corrected chi connectivity index (χ1v) is 10.2. The highest BCUT2D eigenvalue weighted by molar-refractivity contribution is 6.88. The van der Waals surface area contributed by atoms with Crippen molar-refractivity contribution in [2.45, 2.75) is 39.0 Å². The Morgan fingerprint density at radius 3 is 2.18 bits per heavy atom. The SMILES string of the molecule is CN(Cc1ccc([Si](C)(C)C)cc1)CC1CC1. The van der Waals surface area contributed by atoms with E-state index in [1.165, 1.54) is 24.9 Å². The first-order chi connectivity index (χ1) is 7.95. The van der Waals surface area contributed by atoms with Crippen LogP contribution in [0.25, 0.3) is 0 Å². The van der Waals surface area contributed by atoms with Crippen molar-refractivity contribution in [3.8, 4) is 0 Å². The lowest BCUT2D eigenvalue weighted by molar-refractivity contribution is 0.313. The van der Waals surface area contributed by atoms with E-state index in [9.17, 15) is 0 Å². The maximum Gasteiger partial charge on any atom is 0.0775 e. The minimum absolute atomic E-state index is 0.987. The molecule has 0 unspecified atom stereocenters. The molecule has 1 fully saturated rings. The van der Waals surface area contributed by atoms with Crippen LogP contribution in [-0.2, 0) is 6.54 Å². The Morgan fingerprint density at radius 2 is 1.71 bits per heavy atom. The second-order valence-electron chi connectivity index (χ2n) is 6.59. The molecule has 17 heavy (non-hydrogen) atoms. The Hall–Kier alpha value is -0.603. The molecular weight excluding hydrogens is 222 g/mol. The third-order valence-corrected chi connectivity index (χ3v) is 5.60. The van der Waals surface area contributed by atoms with Gasteiger partial charge in [0.05, 0.1) is 8.07 Å². The van der Waals surface area contributed by atoms with Crippen LogP contribution in [0.3, 0.4) is 0 Å². The molecule has 0 amide bonds. The Morgan fingerprint density at radius 1 is 1.12 bits per heavy atom. The normalized spacial score (nSPS) is 16.5. The molecule has 1 aliphatic rings. The molecule has 1 aliphatic carbocycles. The molecule has 1 aromatic rings. The van der Waals surface area contributed by atoms with Gasteiger partial charge in [0.15, 0.2) is 0 Å². The summed E-state index contributed by atoms with van der Waals surface area (Å²) in [6.45, 7) is 9.59. The van der Waals surface area contributed by atoms with E-state index in [1.54, 1.807) is 5.19 Å². The molecular formula is C15H25NSi. The molecule has 94 valence electrons. The van der Waals surface area contributed by atoms with Gasteiger partial charge in [-0.05, 0) is 31.4 Å². The number of benzene rings is 1. The summed E-state index contributed by atoms with van der Waals surface area (Å²) in [5, 5.41) is 1.56. The zero-order valence-corrected chi connectivity index (χ0v) is 12.7. The van der Waals surface area contributed by atoms with E-state index in [0.717, 1.165) is 12.5 Å².